The summed E-state index contributed by atoms with van der Waals surface area (Å²) in [6.45, 7) is 18.5. The fourth-order valence-corrected chi connectivity index (χ4v) is 9.34. The number of likely N-dealkylation sites (tertiary alicyclic amines) is 1. The molecule has 1 heterocycles. The molecule has 0 aromatic carbocycles. The number of rotatable bonds is 13. The number of nitrogens with zero attached hydrogens (tertiary/aromatic N) is 1. The van der Waals surface area contributed by atoms with Gasteiger partial charge in [-0.15, -0.1) is 6.58 Å². The highest BCUT2D eigenvalue weighted by Crippen LogP contribution is 2.65. The number of allylic oxidation sites excluding steroid dienone is 1. The lowest BCUT2D eigenvalue weighted by molar-refractivity contribution is -0.145. The summed E-state index contributed by atoms with van der Waals surface area (Å²) < 4.78 is 25.6. The molecule has 1 saturated heterocycles. The second-order valence-corrected chi connectivity index (χ2v) is 20.3. The Morgan fingerprint density at radius 1 is 1.02 bits per heavy atom. The van der Waals surface area contributed by atoms with Crippen molar-refractivity contribution in [2.45, 2.75) is 135 Å². The highest BCUT2D eigenvalue weighted by Gasteiger charge is 2.70. The summed E-state index contributed by atoms with van der Waals surface area (Å²) in [5.74, 6) is -2.81. The molecule has 4 rings (SSSR count). The normalized spacial score (nSPS) is 25.1. The van der Waals surface area contributed by atoms with Gasteiger partial charge in [0.25, 0.3) is 5.91 Å². The van der Waals surface area contributed by atoms with Gasteiger partial charge >= 0.3 is 6.03 Å². The lowest BCUT2D eigenvalue weighted by Crippen LogP contribution is -2.64. The minimum Gasteiger partial charge on any atom is -0.346 e. The van der Waals surface area contributed by atoms with Gasteiger partial charge in [0, 0.05) is 13.1 Å². The molecule has 5 amide bonds. The van der Waals surface area contributed by atoms with Gasteiger partial charge in [0.2, 0.25) is 17.6 Å². The molecule has 0 aromatic heterocycles. The van der Waals surface area contributed by atoms with Crippen LogP contribution in [0.2, 0.25) is 0 Å². The third-order valence-electron chi connectivity index (χ3n) is 11.4. The highest BCUT2D eigenvalue weighted by atomic mass is 32.2. The van der Waals surface area contributed by atoms with Crippen LogP contribution in [0.5, 0.6) is 0 Å². The van der Waals surface area contributed by atoms with Crippen molar-refractivity contribution in [1.82, 2.24) is 26.2 Å². The zero-order valence-electron chi connectivity index (χ0n) is 31.2. The smallest absolute Gasteiger partial charge is 0.315 e. The number of urea groups is 1. The number of ketones is 1. The molecule has 13 heteroatoms. The van der Waals surface area contributed by atoms with E-state index in [0.29, 0.717) is 19.4 Å². The number of Topliss-reactive ketones (excluding diaryl/α,β-unsaturated/α-hetero) is 1. The average molecular weight is 718 g/mol. The van der Waals surface area contributed by atoms with Crippen LogP contribution in [0, 0.1) is 22.7 Å². The van der Waals surface area contributed by atoms with Crippen molar-refractivity contribution in [3.63, 3.8) is 0 Å². The topological polar surface area (TPSA) is 171 Å². The van der Waals surface area contributed by atoms with Gasteiger partial charge < -0.3 is 26.2 Å². The molecule has 4 unspecified atom stereocenters. The largest absolute Gasteiger partial charge is 0.346 e. The zero-order chi connectivity index (χ0) is 37.4. The summed E-state index contributed by atoms with van der Waals surface area (Å²) in [5, 5.41) is 11.2. The first-order chi connectivity index (χ1) is 23.0. The number of hydrogen-bond acceptors (Lipinski definition) is 7. The summed E-state index contributed by atoms with van der Waals surface area (Å²) in [6, 6.07) is -3.66. The van der Waals surface area contributed by atoms with E-state index >= 15 is 0 Å². The summed E-state index contributed by atoms with van der Waals surface area (Å²) in [6.07, 6.45) is 8.85. The molecule has 3 aliphatic carbocycles. The molecule has 0 bridgehead atoms. The maximum Gasteiger partial charge on any atom is 0.315 e. The molecule has 0 aromatic rings. The van der Waals surface area contributed by atoms with Crippen LogP contribution in [0.1, 0.15) is 107 Å². The van der Waals surface area contributed by atoms with Gasteiger partial charge in [-0.1, -0.05) is 71.6 Å². The Morgan fingerprint density at radius 3 is 2.16 bits per heavy atom. The van der Waals surface area contributed by atoms with Crippen molar-refractivity contribution < 1.29 is 32.4 Å². The molecule has 4 aliphatic rings. The number of sulfone groups is 1. The molecule has 2 saturated carbocycles. The van der Waals surface area contributed by atoms with Gasteiger partial charge in [-0.2, -0.15) is 0 Å². The number of carbonyl (C=O) groups is 5. The number of fused-ring (bicyclic) bond motifs is 1. The lowest BCUT2D eigenvalue weighted by Gasteiger charge is -2.41. The lowest BCUT2D eigenvalue weighted by atomic mass is 9.83. The van der Waals surface area contributed by atoms with Gasteiger partial charge in [-0.05, 0) is 75.5 Å². The minimum atomic E-state index is -3.57. The number of carbonyl (C=O) groups excluding carboxylic acids is 5. The predicted molar refractivity (Wildman–Crippen MR) is 193 cm³/mol. The van der Waals surface area contributed by atoms with E-state index in [1.807, 2.05) is 26.8 Å². The van der Waals surface area contributed by atoms with E-state index in [4.69, 9.17) is 0 Å². The number of hydrogen-bond donors (Lipinski definition) is 4. The standard InChI is InChI=1S/C37H59N5O7S/c1-10-19-38-31(45)28(43)25(20-23-15-14-16-23)39-30(44)27-26-24(36(26,8)9)21-42(27)32(46)29(34(2,3)4)40-33(47)41-37(17-12-11-13-18-37)22-50(48,49)35(5,6)7/h10,15,24-27,29H,1,11-14,16-22H2,2-9H3,(H,38,45)(H,39,44)(H2,40,41,47)/t24?,25?,26?,27?,29-/m1/s1. The van der Waals surface area contributed by atoms with Crippen molar-refractivity contribution in [2.24, 2.45) is 22.7 Å². The quantitative estimate of drug-likeness (QED) is 0.167. The van der Waals surface area contributed by atoms with Crippen molar-refractivity contribution in [3.8, 4) is 0 Å². The summed E-state index contributed by atoms with van der Waals surface area (Å²) in [7, 11) is -3.57. The molecule has 4 N–H and O–H groups in total. The molecule has 280 valence electrons. The van der Waals surface area contributed by atoms with E-state index in [1.54, 1.807) is 20.8 Å². The molecule has 5 atom stereocenters. The number of nitrogens with one attached hydrogen (secondary N) is 4. The van der Waals surface area contributed by atoms with E-state index < -0.39 is 73.2 Å². The molecule has 0 radical (unpaired) electrons. The third-order valence-corrected chi connectivity index (χ3v) is 14.2. The Balaban J connectivity index is 1.56. The molecule has 12 nitrogen and oxygen atoms in total. The van der Waals surface area contributed by atoms with E-state index in [0.717, 1.165) is 37.7 Å². The van der Waals surface area contributed by atoms with E-state index in [9.17, 15) is 32.4 Å². The van der Waals surface area contributed by atoms with Gasteiger partial charge in [-0.25, -0.2) is 13.2 Å². The maximum absolute atomic E-state index is 14.5. The van der Waals surface area contributed by atoms with Gasteiger partial charge in [0.15, 0.2) is 9.84 Å². The van der Waals surface area contributed by atoms with Crippen LogP contribution in [0.3, 0.4) is 0 Å². The van der Waals surface area contributed by atoms with Crippen LogP contribution in [-0.4, -0.2) is 90.1 Å². The Kier molecular flexibility index (Phi) is 11.4. The van der Waals surface area contributed by atoms with E-state index in [-0.39, 0.29) is 36.0 Å². The Labute approximate surface area is 298 Å². The highest BCUT2D eigenvalue weighted by molar-refractivity contribution is 7.92. The SMILES string of the molecule is C=CCNC(=O)C(=O)C(CC1=CCC1)NC(=O)C1C2C(CN1C(=O)[C@@H](NC(=O)NC1(CS(=O)(=O)C(C)(C)C)CCCCC1)C(C)(C)C)C2(C)C. The zero-order valence-corrected chi connectivity index (χ0v) is 32.1. The van der Waals surface area contributed by atoms with Crippen molar-refractivity contribution in [3.05, 3.63) is 24.3 Å². The summed E-state index contributed by atoms with van der Waals surface area (Å²) in [5.41, 5.74) is -0.965. The predicted octanol–water partition coefficient (Wildman–Crippen LogP) is 3.57. The van der Waals surface area contributed by atoms with Gasteiger partial charge in [0.05, 0.1) is 16.0 Å². The van der Waals surface area contributed by atoms with Crippen molar-refractivity contribution >= 4 is 39.4 Å². The minimum absolute atomic E-state index is 0.0455. The number of piperidine rings is 1. The monoisotopic (exact) mass is 717 g/mol. The molecular formula is C37H59N5O7S. The van der Waals surface area contributed by atoms with Crippen LogP contribution < -0.4 is 21.3 Å². The Morgan fingerprint density at radius 2 is 1.64 bits per heavy atom. The first-order valence-corrected chi connectivity index (χ1v) is 19.7. The van der Waals surface area contributed by atoms with Crippen LogP contribution in [-0.2, 0) is 29.0 Å². The van der Waals surface area contributed by atoms with Crippen LogP contribution >= 0.6 is 0 Å². The second-order valence-electron chi connectivity index (χ2n) is 17.5. The fourth-order valence-electron chi connectivity index (χ4n) is 7.82. The van der Waals surface area contributed by atoms with Crippen molar-refractivity contribution in [2.75, 3.05) is 18.8 Å². The van der Waals surface area contributed by atoms with E-state index in [1.165, 1.54) is 11.0 Å². The molecule has 3 fully saturated rings. The molecule has 1 aliphatic heterocycles. The van der Waals surface area contributed by atoms with E-state index in [2.05, 4.69) is 41.7 Å². The van der Waals surface area contributed by atoms with Crippen LogP contribution in [0.15, 0.2) is 24.3 Å². The fraction of sp³-hybridized carbons (Fsp3) is 0.757. The molecule has 0 spiro atoms. The maximum atomic E-state index is 14.5. The Hall–Kier alpha value is -3.22. The van der Waals surface area contributed by atoms with Crippen LogP contribution in [0.25, 0.3) is 0 Å². The summed E-state index contributed by atoms with van der Waals surface area (Å²) >= 11 is 0. The summed E-state index contributed by atoms with van der Waals surface area (Å²) in [4.78, 5) is 69.8. The van der Waals surface area contributed by atoms with Crippen molar-refractivity contribution in [1.29, 1.82) is 0 Å². The van der Waals surface area contributed by atoms with Crippen LogP contribution in [0.4, 0.5) is 4.79 Å². The third kappa shape index (κ3) is 8.45. The van der Waals surface area contributed by atoms with Gasteiger partial charge in [0.1, 0.15) is 18.1 Å². The average Bonchev–Trinajstić information content (AvgIpc) is 3.29. The molecular weight excluding hydrogens is 659 g/mol. The first-order valence-electron chi connectivity index (χ1n) is 18.1. The Bertz CT molecular complexity index is 1510. The number of amides is 5. The second kappa shape index (κ2) is 14.4. The molecule has 50 heavy (non-hydrogen) atoms. The van der Waals surface area contributed by atoms with Gasteiger partial charge in [-0.3, -0.25) is 19.2 Å². The first kappa shape index (κ1) is 39.6.